The fraction of sp³-hybridized carbons (Fsp3) is 0.909. The van der Waals surface area contributed by atoms with Crippen LogP contribution in [0.15, 0.2) is 0 Å². The third-order valence-corrected chi connectivity index (χ3v) is 2.67. The molecule has 0 unspecified atom stereocenters. The molecule has 14 heavy (non-hydrogen) atoms. The van der Waals surface area contributed by atoms with Crippen LogP contribution in [0.1, 0.15) is 51.9 Å². The van der Waals surface area contributed by atoms with Crippen molar-refractivity contribution < 1.29 is 14.6 Å². The van der Waals surface area contributed by atoms with Crippen LogP contribution in [0.5, 0.6) is 0 Å². The number of epoxide rings is 1. The zero-order valence-electron chi connectivity index (χ0n) is 8.87. The molecule has 0 saturated carbocycles. The van der Waals surface area contributed by atoms with Crippen LogP contribution in [-0.4, -0.2) is 23.3 Å². The fourth-order valence-corrected chi connectivity index (χ4v) is 1.71. The normalized spacial score (nSPS) is 24.9. The van der Waals surface area contributed by atoms with Crippen molar-refractivity contribution in [3.8, 4) is 0 Å². The number of hydrogen-bond donors (Lipinski definition) is 1. The van der Waals surface area contributed by atoms with Gasteiger partial charge in [-0.2, -0.15) is 0 Å². The number of unbranched alkanes of at least 4 members (excludes halogenated alkanes) is 5. The Morgan fingerprint density at radius 1 is 1.21 bits per heavy atom. The van der Waals surface area contributed by atoms with E-state index in [0.717, 1.165) is 12.8 Å². The molecule has 0 aromatic carbocycles. The highest BCUT2D eigenvalue weighted by Crippen LogP contribution is 2.27. The van der Waals surface area contributed by atoms with Crippen molar-refractivity contribution in [2.45, 2.75) is 64.1 Å². The number of aliphatic carboxylic acids is 1. The minimum absolute atomic E-state index is 0.0127. The quantitative estimate of drug-likeness (QED) is 0.484. The van der Waals surface area contributed by atoms with Crippen molar-refractivity contribution in [1.29, 1.82) is 0 Å². The summed E-state index contributed by atoms with van der Waals surface area (Å²) in [4.78, 5) is 10.4. The lowest BCUT2D eigenvalue weighted by molar-refractivity contribution is -0.138. The maximum absolute atomic E-state index is 10.4. The van der Waals surface area contributed by atoms with Gasteiger partial charge in [0.05, 0.1) is 6.10 Å². The maximum atomic E-state index is 10.4. The van der Waals surface area contributed by atoms with Gasteiger partial charge in [-0.25, -0.2) is 4.79 Å². The van der Waals surface area contributed by atoms with Crippen molar-refractivity contribution in [3.05, 3.63) is 0 Å². The first-order valence-corrected chi connectivity index (χ1v) is 5.64. The third-order valence-electron chi connectivity index (χ3n) is 2.67. The van der Waals surface area contributed by atoms with Gasteiger partial charge in [0.25, 0.3) is 0 Å². The summed E-state index contributed by atoms with van der Waals surface area (Å²) < 4.78 is 5.01. The number of rotatable bonds is 8. The van der Waals surface area contributed by atoms with E-state index in [4.69, 9.17) is 9.84 Å². The van der Waals surface area contributed by atoms with Crippen LogP contribution in [0.25, 0.3) is 0 Å². The molecule has 1 aliphatic heterocycles. The molecule has 0 spiro atoms. The van der Waals surface area contributed by atoms with Gasteiger partial charge < -0.3 is 9.84 Å². The van der Waals surface area contributed by atoms with Crippen molar-refractivity contribution >= 4 is 5.97 Å². The molecule has 82 valence electrons. The van der Waals surface area contributed by atoms with Crippen LogP contribution in [0, 0.1) is 0 Å². The van der Waals surface area contributed by atoms with Crippen LogP contribution >= 0.6 is 0 Å². The summed E-state index contributed by atoms with van der Waals surface area (Å²) in [6.07, 6.45) is 7.94. The van der Waals surface area contributed by atoms with E-state index in [-0.39, 0.29) is 6.10 Å². The van der Waals surface area contributed by atoms with Gasteiger partial charge in [0.2, 0.25) is 0 Å². The number of hydrogen-bond acceptors (Lipinski definition) is 2. The number of carboxylic acids is 1. The predicted molar refractivity (Wildman–Crippen MR) is 54.3 cm³/mol. The van der Waals surface area contributed by atoms with Gasteiger partial charge in [0.15, 0.2) is 6.10 Å². The molecule has 0 amide bonds. The molecule has 3 heteroatoms. The van der Waals surface area contributed by atoms with Gasteiger partial charge in [0.1, 0.15) is 0 Å². The van der Waals surface area contributed by atoms with Crippen LogP contribution in [0.3, 0.4) is 0 Å². The SMILES string of the molecule is CCCCCCCC[C@H]1O[C@@H]1C(=O)O. The van der Waals surface area contributed by atoms with Crippen LogP contribution < -0.4 is 0 Å². The van der Waals surface area contributed by atoms with Gasteiger partial charge in [-0.05, 0) is 6.42 Å². The summed E-state index contributed by atoms with van der Waals surface area (Å²) in [6, 6.07) is 0. The van der Waals surface area contributed by atoms with E-state index in [2.05, 4.69) is 6.92 Å². The molecule has 1 rings (SSSR count). The Hall–Kier alpha value is -0.570. The highest BCUT2D eigenvalue weighted by Gasteiger charge is 2.44. The first-order valence-electron chi connectivity index (χ1n) is 5.64. The van der Waals surface area contributed by atoms with Gasteiger partial charge in [0, 0.05) is 0 Å². The molecule has 3 nitrogen and oxygen atoms in total. The largest absolute Gasteiger partial charge is 0.479 e. The molecule has 1 heterocycles. The Balaban J connectivity index is 1.84. The minimum Gasteiger partial charge on any atom is -0.479 e. The summed E-state index contributed by atoms with van der Waals surface area (Å²) in [5.74, 6) is -0.805. The topological polar surface area (TPSA) is 49.8 Å². The molecule has 1 N–H and O–H groups in total. The molecule has 1 saturated heterocycles. The smallest absolute Gasteiger partial charge is 0.335 e. The number of carboxylic acid groups (broad SMARTS) is 1. The Morgan fingerprint density at radius 3 is 2.43 bits per heavy atom. The first-order chi connectivity index (χ1) is 6.75. The number of ether oxygens (including phenoxy) is 1. The standard InChI is InChI=1S/C11H20O3/c1-2-3-4-5-6-7-8-9-10(14-9)11(12)13/h9-10H,2-8H2,1H3,(H,12,13)/t9-,10+/m1/s1. The molecule has 2 atom stereocenters. The molecule has 0 radical (unpaired) electrons. The second-order valence-corrected chi connectivity index (χ2v) is 3.99. The van der Waals surface area contributed by atoms with E-state index >= 15 is 0 Å². The molecule has 0 aliphatic carbocycles. The fourth-order valence-electron chi connectivity index (χ4n) is 1.71. The number of carbonyl (C=O) groups is 1. The average molecular weight is 200 g/mol. The summed E-state index contributed by atoms with van der Waals surface area (Å²) in [7, 11) is 0. The molecular weight excluding hydrogens is 180 g/mol. The summed E-state index contributed by atoms with van der Waals surface area (Å²) in [5, 5.41) is 8.57. The van der Waals surface area contributed by atoms with Crippen LogP contribution in [0.4, 0.5) is 0 Å². The lowest BCUT2D eigenvalue weighted by Gasteiger charge is -1.98. The van der Waals surface area contributed by atoms with E-state index in [1.54, 1.807) is 0 Å². The zero-order chi connectivity index (χ0) is 10.4. The lowest BCUT2D eigenvalue weighted by atomic mass is 10.1. The van der Waals surface area contributed by atoms with Gasteiger partial charge in [-0.1, -0.05) is 45.4 Å². The maximum Gasteiger partial charge on any atom is 0.335 e. The highest BCUT2D eigenvalue weighted by atomic mass is 16.6. The van der Waals surface area contributed by atoms with Crippen LogP contribution in [0.2, 0.25) is 0 Å². The monoisotopic (exact) mass is 200 g/mol. The average Bonchev–Trinajstić information content (AvgIpc) is 2.90. The highest BCUT2D eigenvalue weighted by molar-refractivity contribution is 5.75. The molecule has 1 fully saturated rings. The van der Waals surface area contributed by atoms with Gasteiger partial charge in [-0.15, -0.1) is 0 Å². The molecule has 1 aliphatic rings. The Kier molecular flexibility index (Phi) is 4.94. The summed E-state index contributed by atoms with van der Waals surface area (Å²) >= 11 is 0. The van der Waals surface area contributed by atoms with E-state index in [1.807, 2.05) is 0 Å². The van der Waals surface area contributed by atoms with Gasteiger partial charge >= 0.3 is 5.97 Å². The molecular formula is C11H20O3. The predicted octanol–water partition coefficient (Wildman–Crippen LogP) is 2.59. The van der Waals surface area contributed by atoms with Gasteiger partial charge in [-0.3, -0.25) is 0 Å². The lowest BCUT2D eigenvalue weighted by Crippen LogP contribution is -2.07. The second kappa shape index (κ2) is 6.02. The second-order valence-electron chi connectivity index (χ2n) is 3.99. The molecule has 0 aromatic heterocycles. The van der Waals surface area contributed by atoms with Crippen molar-refractivity contribution in [1.82, 2.24) is 0 Å². The van der Waals surface area contributed by atoms with Crippen molar-refractivity contribution in [2.75, 3.05) is 0 Å². The third kappa shape index (κ3) is 4.09. The minimum atomic E-state index is -0.805. The zero-order valence-corrected chi connectivity index (χ0v) is 8.87. The van der Waals surface area contributed by atoms with Crippen molar-refractivity contribution in [2.24, 2.45) is 0 Å². The molecule has 0 bridgehead atoms. The van der Waals surface area contributed by atoms with E-state index in [0.29, 0.717) is 0 Å². The van der Waals surface area contributed by atoms with Crippen molar-refractivity contribution in [3.63, 3.8) is 0 Å². The van der Waals surface area contributed by atoms with E-state index in [1.165, 1.54) is 32.1 Å². The molecule has 0 aromatic rings. The Labute approximate surface area is 85.5 Å². The van der Waals surface area contributed by atoms with E-state index in [9.17, 15) is 4.79 Å². The first kappa shape index (κ1) is 11.5. The Morgan fingerprint density at radius 2 is 1.86 bits per heavy atom. The summed E-state index contributed by atoms with van der Waals surface area (Å²) in [6.45, 7) is 2.20. The van der Waals surface area contributed by atoms with E-state index < -0.39 is 12.1 Å². The Bertz CT molecular complexity index is 179. The van der Waals surface area contributed by atoms with Crippen LogP contribution in [-0.2, 0) is 9.53 Å². The summed E-state index contributed by atoms with van der Waals surface area (Å²) in [5.41, 5.74) is 0.